The number of hydrogen-bond acceptors (Lipinski definition) is 4. The Hall–Kier alpha value is -2.32. The standard InChI is InChI=1S/C15H14N2O2S/c1-17(10-14-6-3-7-20-14)15(18)11-19-13-5-2-4-12(8-13)9-16/h2-8H,10-11H2,1H3. The fraction of sp³-hybridized carbons (Fsp3) is 0.200. The van der Waals surface area contributed by atoms with E-state index in [1.807, 2.05) is 23.6 Å². The van der Waals surface area contributed by atoms with Crippen molar-refractivity contribution in [2.24, 2.45) is 0 Å². The molecule has 0 bridgehead atoms. The first-order chi connectivity index (χ1) is 9.69. The van der Waals surface area contributed by atoms with Gasteiger partial charge in [-0.2, -0.15) is 5.26 Å². The van der Waals surface area contributed by atoms with Gasteiger partial charge in [-0.15, -0.1) is 11.3 Å². The van der Waals surface area contributed by atoms with Crippen molar-refractivity contribution < 1.29 is 9.53 Å². The molecule has 1 heterocycles. The molecule has 0 spiro atoms. The van der Waals surface area contributed by atoms with Crippen LogP contribution in [0.15, 0.2) is 41.8 Å². The van der Waals surface area contributed by atoms with Gasteiger partial charge in [0.05, 0.1) is 18.2 Å². The molecule has 1 aromatic carbocycles. The zero-order valence-corrected chi connectivity index (χ0v) is 11.9. The summed E-state index contributed by atoms with van der Waals surface area (Å²) >= 11 is 1.62. The minimum absolute atomic E-state index is 0.0310. The van der Waals surface area contributed by atoms with Crippen LogP contribution in [0.1, 0.15) is 10.4 Å². The number of carbonyl (C=O) groups excluding carboxylic acids is 1. The molecule has 0 unspecified atom stereocenters. The van der Waals surface area contributed by atoms with Gasteiger partial charge in [-0.05, 0) is 29.6 Å². The molecule has 1 aromatic heterocycles. The summed E-state index contributed by atoms with van der Waals surface area (Å²) in [6.07, 6.45) is 0. The molecule has 0 aliphatic rings. The van der Waals surface area contributed by atoms with E-state index in [0.29, 0.717) is 17.9 Å². The first-order valence-electron chi connectivity index (χ1n) is 6.08. The molecule has 0 fully saturated rings. The lowest BCUT2D eigenvalue weighted by atomic mass is 10.2. The zero-order valence-electron chi connectivity index (χ0n) is 11.1. The predicted molar refractivity (Wildman–Crippen MR) is 77.4 cm³/mol. The molecule has 0 aliphatic carbocycles. The largest absolute Gasteiger partial charge is 0.484 e. The number of nitriles is 1. The van der Waals surface area contributed by atoms with Crippen LogP contribution in [-0.2, 0) is 11.3 Å². The second-order valence-corrected chi connectivity index (χ2v) is 5.29. The van der Waals surface area contributed by atoms with Gasteiger partial charge in [0.15, 0.2) is 6.61 Å². The number of thiophene rings is 1. The molecule has 4 nitrogen and oxygen atoms in total. The fourth-order valence-electron chi connectivity index (χ4n) is 1.64. The van der Waals surface area contributed by atoms with Gasteiger partial charge in [0, 0.05) is 11.9 Å². The van der Waals surface area contributed by atoms with E-state index in [1.54, 1.807) is 47.5 Å². The second-order valence-electron chi connectivity index (χ2n) is 4.26. The van der Waals surface area contributed by atoms with Crippen molar-refractivity contribution >= 4 is 17.2 Å². The minimum Gasteiger partial charge on any atom is -0.484 e. The van der Waals surface area contributed by atoms with E-state index in [9.17, 15) is 4.79 Å². The molecule has 0 aliphatic heterocycles. The van der Waals surface area contributed by atoms with Gasteiger partial charge in [0.1, 0.15) is 5.75 Å². The van der Waals surface area contributed by atoms with E-state index in [2.05, 4.69) is 0 Å². The first-order valence-corrected chi connectivity index (χ1v) is 6.96. The molecule has 0 saturated heterocycles. The Kier molecular flexibility index (Phi) is 4.75. The highest BCUT2D eigenvalue weighted by atomic mass is 32.1. The first kappa shape index (κ1) is 14.1. The Morgan fingerprint density at radius 3 is 2.95 bits per heavy atom. The summed E-state index contributed by atoms with van der Waals surface area (Å²) in [5, 5.41) is 10.8. The monoisotopic (exact) mass is 286 g/mol. The molecule has 0 saturated carbocycles. The Morgan fingerprint density at radius 2 is 2.25 bits per heavy atom. The molecule has 2 aromatic rings. The van der Waals surface area contributed by atoms with Crippen LogP contribution in [0, 0.1) is 11.3 Å². The summed E-state index contributed by atoms with van der Waals surface area (Å²) in [7, 11) is 1.75. The van der Waals surface area contributed by atoms with Gasteiger partial charge in [-0.3, -0.25) is 4.79 Å². The van der Waals surface area contributed by atoms with E-state index >= 15 is 0 Å². The number of ether oxygens (including phenoxy) is 1. The SMILES string of the molecule is CN(Cc1cccs1)C(=O)COc1cccc(C#N)c1. The third-order valence-electron chi connectivity index (χ3n) is 2.72. The summed E-state index contributed by atoms with van der Waals surface area (Å²) in [4.78, 5) is 14.7. The number of likely N-dealkylation sites (N-methyl/N-ethyl adjacent to an activating group) is 1. The van der Waals surface area contributed by atoms with Crippen molar-refractivity contribution in [2.75, 3.05) is 13.7 Å². The van der Waals surface area contributed by atoms with Gasteiger partial charge in [-0.1, -0.05) is 12.1 Å². The smallest absolute Gasteiger partial charge is 0.260 e. The van der Waals surface area contributed by atoms with Gasteiger partial charge < -0.3 is 9.64 Å². The highest BCUT2D eigenvalue weighted by Crippen LogP contribution is 2.13. The van der Waals surface area contributed by atoms with E-state index in [0.717, 1.165) is 4.88 Å². The Morgan fingerprint density at radius 1 is 1.40 bits per heavy atom. The minimum atomic E-state index is -0.0965. The quantitative estimate of drug-likeness (QED) is 0.849. The lowest BCUT2D eigenvalue weighted by Gasteiger charge is -2.16. The van der Waals surface area contributed by atoms with Crippen molar-refractivity contribution in [1.82, 2.24) is 4.90 Å². The maximum Gasteiger partial charge on any atom is 0.260 e. The molecule has 0 radical (unpaired) electrons. The number of benzene rings is 1. The van der Waals surface area contributed by atoms with E-state index in [-0.39, 0.29) is 12.5 Å². The highest BCUT2D eigenvalue weighted by Gasteiger charge is 2.10. The number of carbonyl (C=O) groups is 1. The van der Waals surface area contributed by atoms with Gasteiger partial charge in [0.2, 0.25) is 0 Å². The summed E-state index contributed by atoms with van der Waals surface area (Å²) < 4.78 is 5.41. The molecule has 20 heavy (non-hydrogen) atoms. The van der Waals surface area contributed by atoms with Crippen LogP contribution in [0.5, 0.6) is 5.75 Å². The second kappa shape index (κ2) is 6.73. The van der Waals surface area contributed by atoms with E-state index in [4.69, 9.17) is 10.00 Å². The summed E-state index contributed by atoms with van der Waals surface area (Å²) in [6.45, 7) is 0.550. The van der Waals surface area contributed by atoms with E-state index in [1.165, 1.54) is 0 Å². The molecule has 0 N–H and O–H groups in total. The average Bonchev–Trinajstić information content (AvgIpc) is 2.97. The van der Waals surface area contributed by atoms with Gasteiger partial charge in [-0.25, -0.2) is 0 Å². The number of nitrogens with zero attached hydrogens (tertiary/aromatic N) is 2. The van der Waals surface area contributed by atoms with Crippen LogP contribution in [0.25, 0.3) is 0 Å². The molecular formula is C15H14N2O2S. The molecule has 5 heteroatoms. The van der Waals surface area contributed by atoms with Crippen molar-refractivity contribution in [2.45, 2.75) is 6.54 Å². The van der Waals surface area contributed by atoms with Crippen LogP contribution in [0.3, 0.4) is 0 Å². The number of hydrogen-bond donors (Lipinski definition) is 0. The van der Waals surface area contributed by atoms with Gasteiger partial charge >= 0.3 is 0 Å². The average molecular weight is 286 g/mol. The third kappa shape index (κ3) is 3.84. The van der Waals surface area contributed by atoms with E-state index < -0.39 is 0 Å². The normalized spacial score (nSPS) is 9.80. The number of rotatable bonds is 5. The Bertz CT molecular complexity index is 617. The van der Waals surface area contributed by atoms with Crippen molar-refractivity contribution in [3.05, 3.63) is 52.2 Å². The predicted octanol–water partition coefficient (Wildman–Crippen LogP) is 2.66. The van der Waals surface area contributed by atoms with Crippen molar-refractivity contribution in [1.29, 1.82) is 5.26 Å². The maximum absolute atomic E-state index is 11.9. The fourth-order valence-corrected chi connectivity index (χ4v) is 2.39. The Labute approximate surface area is 121 Å². The van der Waals surface area contributed by atoms with Crippen LogP contribution < -0.4 is 4.74 Å². The summed E-state index contributed by atoms with van der Waals surface area (Å²) in [6, 6.07) is 12.8. The Balaban J connectivity index is 1.86. The van der Waals surface area contributed by atoms with Crippen LogP contribution >= 0.6 is 11.3 Å². The van der Waals surface area contributed by atoms with Crippen LogP contribution in [0.2, 0.25) is 0 Å². The molecule has 0 atom stereocenters. The van der Waals surface area contributed by atoms with Crippen LogP contribution in [0.4, 0.5) is 0 Å². The van der Waals surface area contributed by atoms with Crippen molar-refractivity contribution in [3.63, 3.8) is 0 Å². The lowest BCUT2D eigenvalue weighted by Crippen LogP contribution is -2.30. The highest BCUT2D eigenvalue weighted by molar-refractivity contribution is 7.09. The molecule has 102 valence electrons. The summed E-state index contributed by atoms with van der Waals surface area (Å²) in [5.41, 5.74) is 0.516. The number of amides is 1. The topological polar surface area (TPSA) is 53.3 Å². The molecule has 1 amide bonds. The zero-order chi connectivity index (χ0) is 14.4. The van der Waals surface area contributed by atoms with Crippen molar-refractivity contribution in [3.8, 4) is 11.8 Å². The van der Waals surface area contributed by atoms with Crippen LogP contribution in [-0.4, -0.2) is 24.5 Å². The summed E-state index contributed by atoms with van der Waals surface area (Å²) in [5.74, 6) is 0.433. The van der Waals surface area contributed by atoms with Gasteiger partial charge in [0.25, 0.3) is 5.91 Å². The lowest BCUT2D eigenvalue weighted by molar-refractivity contribution is -0.132. The molecular weight excluding hydrogens is 272 g/mol. The maximum atomic E-state index is 11.9. The third-order valence-corrected chi connectivity index (χ3v) is 3.59. The molecule has 2 rings (SSSR count).